The van der Waals surface area contributed by atoms with Gasteiger partial charge in [-0.2, -0.15) is 0 Å². The summed E-state index contributed by atoms with van der Waals surface area (Å²) < 4.78 is 5.11. The number of fused-ring (bicyclic) bond motifs is 1. The van der Waals surface area contributed by atoms with Crippen LogP contribution in [0.25, 0.3) is 0 Å². The van der Waals surface area contributed by atoms with Crippen molar-refractivity contribution in [2.45, 2.75) is 0 Å². The summed E-state index contributed by atoms with van der Waals surface area (Å²) in [4.78, 5) is 37.5. The van der Waals surface area contributed by atoms with Crippen LogP contribution in [0.2, 0.25) is 0 Å². The van der Waals surface area contributed by atoms with E-state index >= 15 is 0 Å². The highest BCUT2D eigenvalue weighted by Crippen LogP contribution is 2.34. The van der Waals surface area contributed by atoms with Gasteiger partial charge >= 0.3 is 5.97 Å². The van der Waals surface area contributed by atoms with Crippen molar-refractivity contribution in [2.24, 2.45) is 0 Å². The fraction of sp³-hybridized carbons (Fsp3) is 0.0625. The van der Waals surface area contributed by atoms with E-state index < -0.39 is 5.97 Å². The number of benzene rings is 2. The van der Waals surface area contributed by atoms with Crippen LogP contribution in [0.15, 0.2) is 46.9 Å². The van der Waals surface area contributed by atoms with Crippen LogP contribution in [0.3, 0.4) is 0 Å². The SMILES string of the molecule is COC(=O)c1ccc(N2C(=O)c3ccccc3C2=O)c(Br)c1. The highest BCUT2D eigenvalue weighted by Gasteiger charge is 2.37. The second-order valence-electron chi connectivity index (χ2n) is 4.65. The van der Waals surface area contributed by atoms with Crippen LogP contribution >= 0.6 is 15.9 Å². The number of hydrogen-bond acceptors (Lipinski definition) is 4. The van der Waals surface area contributed by atoms with Crippen LogP contribution < -0.4 is 4.90 Å². The zero-order valence-corrected chi connectivity index (χ0v) is 13.1. The van der Waals surface area contributed by atoms with E-state index in [4.69, 9.17) is 0 Å². The quantitative estimate of drug-likeness (QED) is 0.610. The van der Waals surface area contributed by atoms with E-state index in [2.05, 4.69) is 20.7 Å². The molecule has 0 aliphatic carbocycles. The zero-order chi connectivity index (χ0) is 15.9. The lowest BCUT2D eigenvalue weighted by Crippen LogP contribution is -2.29. The number of carbonyl (C=O) groups is 3. The van der Waals surface area contributed by atoms with Gasteiger partial charge in [-0.1, -0.05) is 12.1 Å². The van der Waals surface area contributed by atoms with Gasteiger partial charge in [-0.3, -0.25) is 9.59 Å². The van der Waals surface area contributed by atoms with Crippen molar-refractivity contribution in [3.63, 3.8) is 0 Å². The minimum Gasteiger partial charge on any atom is -0.465 e. The minimum absolute atomic E-state index is 0.328. The minimum atomic E-state index is -0.491. The van der Waals surface area contributed by atoms with E-state index in [1.807, 2.05) is 0 Å². The Morgan fingerprint density at radius 3 is 2.14 bits per heavy atom. The van der Waals surface area contributed by atoms with E-state index in [0.717, 1.165) is 4.90 Å². The first kappa shape index (κ1) is 14.5. The molecule has 0 bridgehead atoms. The third-order valence-electron chi connectivity index (χ3n) is 3.40. The molecule has 0 saturated heterocycles. The fourth-order valence-corrected chi connectivity index (χ4v) is 2.90. The van der Waals surface area contributed by atoms with Gasteiger partial charge < -0.3 is 4.74 Å². The van der Waals surface area contributed by atoms with Crippen LogP contribution in [0.5, 0.6) is 0 Å². The lowest BCUT2D eigenvalue weighted by molar-refractivity contribution is 0.0600. The molecular formula is C16H10BrNO4. The lowest BCUT2D eigenvalue weighted by Gasteiger charge is -2.16. The number of amides is 2. The van der Waals surface area contributed by atoms with Gasteiger partial charge in [-0.05, 0) is 46.3 Å². The van der Waals surface area contributed by atoms with Crippen LogP contribution in [0.4, 0.5) is 5.69 Å². The maximum atomic E-state index is 12.4. The lowest BCUT2D eigenvalue weighted by atomic mass is 10.1. The Morgan fingerprint density at radius 1 is 1.05 bits per heavy atom. The molecule has 3 rings (SSSR count). The normalized spacial score (nSPS) is 13.3. The second-order valence-corrected chi connectivity index (χ2v) is 5.50. The Balaban J connectivity index is 2.05. The molecule has 110 valence electrons. The van der Waals surface area contributed by atoms with E-state index in [0.29, 0.717) is 26.9 Å². The summed E-state index contributed by atoms with van der Waals surface area (Å²) in [6, 6.07) is 11.2. The number of methoxy groups -OCH3 is 1. The summed E-state index contributed by atoms with van der Waals surface area (Å²) >= 11 is 3.30. The summed E-state index contributed by atoms with van der Waals surface area (Å²) in [7, 11) is 1.29. The molecule has 0 saturated carbocycles. The summed E-state index contributed by atoms with van der Waals surface area (Å²) in [5, 5.41) is 0. The molecule has 1 aliphatic heterocycles. The van der Waals surface area contributed by atoms with E-state index in [1.165, 1.54) is 25.3 Å². The van der Waals surface area contributed by atoms with Crippen molar-refractivity contribution < 1.29 is 19.1 Å². The number of halogens is 1. The number of esters is 1. The van der Waals surface area contributed by atoms with Crippen LogP contribution in [-0.2, 0) is 4.74 Å². The third-order valence-corrected chi connectivity index (χ3v) is 4.04. The highest BCUT2D eigenvalue weighted by molar-refractivity contribution is 9.10. The summed E-state index contributed by atoms with van der Waals surface area (Å²) in [6.07, 6.45) is 0. The number of imide groups is 1. The molecule has 0 fully saturated rings. The first-order chi connectivity index (χ1) is 10.5. The van der Waals surface area contributed by atoms with Crippen molar-refractivity contribution in [1.82, 2.24) is 0 Å². The van der Waals surface area contributed by atoms with Crippen molar-refractivity contribution in [3.05, 3.63) is 63.6 Å². The third kappa shape index (κ3) is 2.12. The molecule has 0 N–H and O–H groups in total. The predicted octanol–water partition coefficient (Wildman–Crippen LogP) is 3.04. The van der Waals surface area contributed by atoms with Crippen molar-refractivity contribution in [1.29, 1.82) is 0 Å². The van der Waals surface area contributed by atoms with Crippen molar-refractivity contribution in [2.75, 3.05) is 12.0 Å². The van der Waals surface area contributed by atoms with Gasteiger partial charge in [0.2, 0.25) is 0 Å². The molecule has 2 aromatic rings. The Bertz CT molecular complexity index is 781. The van der Waals surface area contributed by atoms with Crippen LogP contribution in [0, 0.1) is 0 Å². The number of nitrogens with zero attached hydrogens (tertiary/aromatic N) is 1. The van der Waals surface area contributed by atoms with Gasteiger partial charge in [-0.25, -0.2) is 9.69 Å². The molecule has 2 amide bonds. The number of ether oxygens (including phenoxy) is 1. The summed E-state index contributed by atoms with van der Waals surface area (Å²) in [5.41, 5.74) is 1.46. The molecule has 5 nitrogen and oxygen atoms in total. The number of rotatable bonds is 2. The monoisotopic (exact) mass is 359 g/mol. The topological polar surface area (TPSA) is 63.7 Å². The molecule has 0 spiro atoms. The maximum Gasteiger partial charge on any atom is 0.337 e. The first-order valence-corrected chi connectivity index (χ1v) is 7.19. The summed E-state index contributed by atoms with van der Waals surface area (Å²) in [6.45, 7) is 0. The molecule has 0 radical (unpaired) electrons. The predicted molar refractivity (Wildman–Crippen MR) is 83.1 cm³/mol. The average Bonchev–Trinajstić information content (AvgIpc) is 2.79. The van der Waals surface area contributed by atoms with Crippen LogP contribution in [-0.4, -0.2) is 24.9 Å². The zero-order valence-electron chi connectivity index (χ0n) is 11.5. The largest absolute Gasteiger partial charge is 0.465 e. The molecule has 0 atom stereocenters. The molecule has 0 aromatic heterocycles. The van der Waals surface area contributed by atoms with Gasteiger partial charge in [0.25, 0.3) is 11.8 Å². The molecular weight excluding hydrogens is 350 g/mol. The molecule has 1 heterocycles. The van der Waals surface area contributed by atoms with E-state index in [-0.39, 0.29) is 11.8 Å². The Hall–Kier alpha value is -2.47. The van der Waals surface area contributed by atoms with Crippen molar-refractivity contribution >= 4 is 39.4 Å². The van der Waals surface area contributed by atoms with E-state index in [1.54, 1.807) is 24.3 Å². The number of hydrogen-bond donors (Lipinski definition) is 0. The van der Waals surface area contributed by atoms with Gasteiger partial charge in [0.05, 0.1) is 29.5 Å². The summed E-state index contributed by atoms with van der Waals surface area (Å²) in [5.74, 6) is -1.26. The molecule has 0 unspecified atom stereocenters. The fourth-order valence-electron chi connectivity index (χ4n) is 2.34. The van der Waals surface area contributed by atoms with Crippen molar-refractivity contribution in [3.8, 4) is 0 Å². The Morgan fingerprint density at radius 2 is 1.64 bits per heavy atom. The number of carbonyl (C=O) groups excluding carboxylic acids is 3. The highest BCUT2D eigenvalue weighted by atomic mass is 79.9. The average molecular weight is 360 g/mol. The van der Waals surface area contributed by atoms with Crippen LogP contribution in [0.1, 0.15) is 31.1 Å². The number of anilines is 1. The van der Waals surface area contributed by atoms with Gasteiger partial charge in [-0.15, -0.1) is 0 Å². The standard InChI is InChI=1S/C16H10BrNO4/c1-22-16(21)9-6-7-13(12(17)8-9)18-14(19)10-4-2-3-5-11(10)15(18)20/h2-8H,1H3. The molecule has 6 heteroatoms. The second kappa shape index (κ2) is 5.38. The Kier molecular flexibility index (Phi) is 3.54. The smallest absolute Gasteiger partial charge is 0.337 e. The van der Waals surface area contributed by atoms with Gasteiger partial charge in [0.1, 0.15) is 0 Å². The first-order valence-electron chi connectivity index (χ1n) is 6.40. The van der Waals surface area contributed by atoms with Gasteiger partial charge in [0, 0.05) is 4.47 Å². The molecule has 2 aromatic carbocycles. The molecule has 1 aliphatic rings. The van der Waals surface area contributed by atoms with Gasteiger partial charge in [0.15, 0.2) is 0 Å². The van der Waals surface area contributed by atoms with E-state index in [9.17, 15) is 14.4 Å². The maximum absolute atomic E-state index is 12.4. The molecule has 22 heavy (non-hydrogen) atoms. The Labute approximate surface area is 134 Å².